The van der Waals surface area contributed by atoms with E-state index < -0.39 is 0 Å². The van der Waals surface area contributed by atoms with Crippen LogP contribution in [0.4, 0.5) is 11.5 Å². The third-order valence-corrected chi connectivity index (χ3v) is 4.58. The van der Waals surface area contributed by atoms with Crippen LogP contribution in [0.1, 0.15) is 19.8 Å². The van der Waals surface area contributed by atoms with Crippen molar-refractivity contribution >= 4 is 17.4 Å². The quantitative estimate of drug-likeness (QED) is 0.550. The highest BCUT2D eigenvalue weighted by atomic mass is 16.5. The van der Waals surface area contributed by atoms with Crippen LogP contribution in [0.3, 0.4) is 0 Å². The second-order valence-corrected chi connectivity index (χ2v) is 6.97. The van der Waals surface area contributed by atoms with E-state index in [1.165, 1.54) is 13.3 Å². The van der Waals surface area contributed by atoms with E-state index in [4.69, 9.17) is 4.74 Å². The van der Waals surface area contributed by atoms with Gasteiger partial charge < -0.3 is 20.7 Å². The molecule has 1 aromatic carbocycles. The van der Waals surface area contributed by atoms with Gasteiger partial charge in [0.25, 0.3) is 5.88 Å². The fourth-order valence-electron chi connectivity index (χ4n) is 3.21. The standard InChI is InChI=1S/C21H23N7O2/c1-14(29)27-15-5-2-7-17(11-15)30-21-20(25-12-16-6-3-8-22-16)26-13-18(28-21)19-23-9-4-10-24-19/h2,4-5,7,9-11,13,16,22H,3,6,8,12H2,1H3,(H,25,26)(H,27,29)/t16-/m0/s1. The predicted octanol–water partition coefficient (Wildman–Crippen LogP) is 2.85. The van der Waals surface area contributed by atoms with Crippen molar-refractivity contribution < 1.29 is 9.53 Å². The molecule has 1 aliphatic heterocycles. The Hall–Kier alpha value is -3.59. The first-order valence-electron chi connectivity index (χ1n) is 9.84. The van der Waals surface area contributed by atoms with Gasteiger partial charge in [0.05, 0.1) is 6.20 Å². The van der Waals surface area contributed by atoms with Gasteiger partial charge in [-0.2, -0.15) is 0 Å². The molecule has 1 amide bonds. The van der Waals surface area contributed by atoms with Gasteiger partial charge in [-0.1, -0.05) is 6.07 Å². The monoisotopic (exact) mass is 405 g/mol. The van der Waals surface area contributed by atoms with E-state index in [1.54, 1.807) is 48.9 Å². The summed E-state index contributed by atoms with van der Waals surface area (Å²) in [5.74, 6) is 1.70. The van der Waals surface area contributed by atoms with Gasteiger partial charge in [0.1, 0.15) is 11.4 Å². The first-order valence-corrected chi connectivity index (χ1v) is 9.84. The van der Waals surface area contributed by atoms with Crippen LogP contribution in [0.25, 0.3) is 11.5 Å². The molecule has 0 saturated carbocycles. The van der Waals surface area contributed by atoms with Crippen molar-refractivity contribution in [2.75, 3.05) is 23.7 Å². The summed E-state index contributed by atoms with van der Waals surface area (Å²) < 4.78 is 6.05. The van der Waals surface area contributed by atoms with Gasteiger partial charge in [0.2, 0.25) is 5.91 Å². The number of anilines is 2. The SMILES string of the molecule is CC(=O)Nc1cccc(Oc2nc(-c3ncccn3)cnc2NC[C@@H]2CCCN2)c1. The zero-order valence-electron chi connectivity index (χ0n) is 16.6. The van der Waals surface area contributed by atoms with Crippen molar-refractivity contribution in [3.63, 3.8) is 0 Å². The van der Waals surface area contributed by atoms with Crippen LogP contribution in [0, 0.1) is 0 Å². The van der Waals surface area contributed by atoms with Crippen molar-refractivity contribution in [3.8, 4) is 23.1 Å². The summed E-state index contributed by atoms with van der Waals surface area (Å²) in [4.78, 5) is 28.9. The van der Waals surface area contributed by atoms with Crippen molar-refractivity contribution in [2.45, 2.75) is 25.8 Å². The molecule has 0 spiro atoms. The van der Waals surface area contributed by atoms with Gasteiger partial charge in [-0.25, -0.2) is 19.9 Å². The Balaban J connectivity index is 1.61. The second kappa shape index (κ2) is 9.27. The molecular formula is C21H23N7O2. The zero-order chi connectivity index (χ0) is 20.8. The highest BCUT2D eigenvalue weighted by Crippen LogP contribution is 2.29. The average Bonchev–Trinajstić information content (AvgIpc) is 3.27. The normalized spacial score (nSPS) is 15.6. The zero-order valence-corrected chi connectivity index (χ0v) is 16.6. The lowest BCUT2D eigenvalue weighted by Crippen LogP contribution is -2.29. The second-order valence-electron chi connectivity index (χ2n) is 6.97. The molecule has 0 aliphatic carbocycles. The van der Waals surface area contributed by atoms with E-state index >= 15 is 0 Å². The molecule has 30 heavy (non-hydrogen) atoms. The number of aromatic nitrogens is 4. The average molecular weight is 405 g/mol. The smallest absolute Gasteiger partial charge is 0.263 e. The molecule has 0 radical (unpaired) electrons. The number of hydrogen-bond acceptors (Lipinski definition) is 8. The van der Waals surface area contributed by atoms with Crippen LogP contribution in [0.2, 0.25) is 0 Å². The Labute approximate surface area is 174 Å². The van der Waals surface area contributed by atoms with Gasteiger partial charge in [-0.3, -0.25) is 4.79 Å². The van der Waals surface area contributed by atoms with Crippen LogP contribution in [0.5, 0.6) is 11.6 Å². The maximum Gasteiger partial charge on any atom is 0.263 e. The predicted molar refractivity (Wildman–Crippen MR) is 113 cm³/mol. The Bertz CT molecular complexity index is 1010. The summed E-state index contributed by atoms with van der Waals surface area (Å²) in [5.41, 5.74) is 1.15. The number of hydrogen-bond donors (Lipinski definition) is 3. The molecule has 1 aliphatic rings. The minimum Gasteiger partial charge on any atom is -0.436 e. The van der Waals surface area contributed by atoms with Gasteiger partial charge >= 0.3 is 0 Å². The molecule has 0 unspecified atom stereocenters. The fraction of sp³-hybridized carbons (Fsp3) is 0.286. The van der Waals surface area contributed by atoms with Crippen LogP contribution < -0.4 is 20.7 Å². The molecule has 9 nitrogen and oxygen atoms in total. The topological polar surface area (TPSA) is 114 Å². The van der Waals surface area contributed by atoms with E-state index in [-0.39, 0.29) is 5.91 Å². The van der Waals surface area contributed by atoms with Crippen molar-refractivity contribution in [3.05, 3.63) is 48.9 Å². The van der Waals surface area contributed by atoms with Crippen LogP contribution in [-0.2, 0) is 4.79 Å². The summed E-state index contributed by atoms with van der Waals surface area (Å²) in [6, 6.07) is 9.25. The molecule has 2 aromatic heterocycles. The number of ether oxygens (including phenoxy) is 1. The minimum absolute atomic E-state index is 0.151. The Morgan fingerprint density at radius 3 is 2.87 bits per heavy atom. The Morgan fingerprint density at radius 2 is 2.10 bits per heavy atom. The number of rotatable bonds is 7. The van der Waals surface area contributed by atoms with Crippen LogP contribution >= 0.6 is 0 Å². The third kappa shape index (κ3) is 5.06. The Morgan fingerprint density at radius 1 is 1.23 bits per heavy atom. The number of nitrogens with one attached hydrogen (secondary N) is 3. The largest absolute Gasteiger partial charge is 0.436 e. The molecule has 154 valence electrons. The molecule has 3 heterocycles. The van der Waals surface area contributed by atoms with Gasteiger partial charge in [-0.15, -0.1) is 0 Å². The van der Waals surface area contributed by atoms with E-state index in [1.807, 2.05) is 0 Å². The highest BCUT2D eigenvalue weighted by molar-refractivity contribution is 5.88. The van der Waals surface area contributed by atoms with Gasteiger partial charge in [0.15, 0.2) is 11.6 Å². The molecule has 1 atom stereocenters. The minimum atomic E-state index is -0.151. The number of carbonyl (C=O) groups is 1. The number of nitrogens with zero attached hydrogens (tertiary/aromatic N) is 4. The molecule has 9 heteroatoms. The number of benzene rings is 1. The first-order chi connectivity index (χ1) is 14.7. The van der Waals surface area contributed by atoms with E-state index in [0.29, 0.717) is 40.7 Å². The van der Waals surface area contributed by atoms with E-state index in [9.17, 15) is 4.79 Å². The van der Waals surface area contributed by atoms with E-state index in [2.05, 4.69) is 35.9 Å². The first kappa shape index (κ1) is 19.7. The molecule has 0 bridgehead atoms. The summed E-state index contributed by atoms with van der Waals surface area (Å²) >= 11 is 0. The number of carbonyl (C=O) groups excluding carboxylic acids is 1. The summed E-state index contributed by atoms with van der Waals surface area (Å²) in [6.07, 6.45) is 7.21. The summed E-state index contributed by atoms with van der Waals surface area (Å²) in [5, 5.41) is 9.52. The molecule has 3 N–H and O–H groups in total. The van der Waals surface area contributed by atoms with Gasteiger partial charge in [-0.05, 0) is 37.6 Å². The van der Waals surface area contributed by atoms with Crippen molar-refractivity contribution in [2.24, 2.45) is 0 Å². The molecule has 1 fully saturated rings. The number of amides is 1. The van der Waals surface area contributed by atoms with Crippen molar-refractivity contribution in [1.29, 1.82) is 0 Å². The molecule has 4 rings (SSSR count). The van der Waals surface area contributed by atoms with Gasteiger partial charge in [0, 0.05) is 43.7 Å². The summed E-state index contributed by atoms with van der Waals surface area (Å²) in [6.45, 7) is 3.21. The molecular weight excluding hydrogens is 382 g/mol. The highest BCUT2D eigenvalue weighted by Gasteiger charge is 2.17. The lowest BCUT2D eigenvalue weighted by atomic mass is 10.2. The van der Waals surface area contributed by atoms with E-state index in [0.717, 1.165) is 19.5 Å². The molecule has 1 saturated heterocycles. The molecule has 3 aromatic rings. The van der Waals surface area contributed by atoms with Crippen molar-refractivity contribution in [1.82, 2.24) is 25.3 Å². The maximum atomic E-state index is 11.3. The van der Waals surface area contributed by atoms with Crippen LogP contribution in [0.15, 0.2) is 48.9 Å². The van der Waals surface area contributed by atoms with Crippen LogP contribution in [-0.4, -0.2) is 45.0 Å². The maximum absolute atomic E-state index is 11.3. The lowest BCUT2D eigenvalue weighted by Gasteiger charge is -2.15. The fourth-order valence-corrected chi connectivity index (χ4v) is 3.21. The lowest BCUT2D eigenvalue weighted by molar-refractivity contribution is -0.114. The Kier molecular flexibility index (Phi) is 6.09. The summed E-state index contributed by atoms with van der Waals surface area (Å²) in [7, 11) is 0. The third-order valence-electron chi connectivity index (χ3n) is 4.58.